The molecule has 26 heavy (non-hydrogen) atoms. The van der Waals surface area contributed by atoms with E-state index in [2.05, 4.69) is 20.2 Å². The average Bonchev–Trinajstić information content (AvgIpc) is 3.04. The van der Waals surface area contributed by atoms with Crippen molar-refractivity contribution in [3.8, 4) is 0 Å². The smallest absolute Gasteiger partial charge is 0.233 e. The highest BCUT2D eigenvalue weighted by Gasteiger charge is 2.15. The first-order chi connectivity index (χ1) is 12.7. The van der Waals surface area contributed by atoms with Gasteiger partial charge in [-0.05, 0) is 6.07 Å². The van der Waals surface area contributed by atoms with Crippen LogP contribution in [0.1, 0.15) is 0 Å². The molecule has 0 unspecified atom stereocenters. The van der Waals surface area contributed by atoms with Gasteiger partial charge in [0.05, 0.1) is 19.0 Å². The molecule has 1 N–H and O–H groups in total. The van der Waals surface area contributed by atoms with Crippen LogP contribution >= 0.6 is 11.8 Å². The summed E-state index contributed by atoms with van der Waals surface area (Å²) in [5.41, 5.74) is 2.37. The van der Waals surface area contributed by atoms with Gasteiger partial charge >= 0.3 is 0 Å². The van der Waals surface area contributed by atoms with Crippen LogP contribution in [-0.2, 0) is 14.3 Å². The Bertz CT molecular complexity index is 877. The van der Waals surface area contributed by atoms with Crippen molar-refractivity contribution >= 4 is 39.7 Å². The number of thioether (sulfide) groups is 1. The second-order valence-electron chi connectivity index (χ2n) is 5.62. The zero-order valence-corrected chi connectivity index (χ0v) is 15.6. The van der Waals surface area contributed by atoms with Crippen LogP contribution in [0, 0.1) is 0 Å². The average molecular weight is 375 g/mol. The van der Waals surface area contributed by atoms with Gasteiger partial charge < -0.3 is 19.4 Å². The van der Waals surface area contributed by atoms with Crippen molar-refractivity contribution in [1.82, 2.24) is 25.1 Å². The number of carbonyl (C=O) groups excluding carboxylic acids is 1. The van der Waals surface area contributed by atoms with E-state index in [1.807, 2.05) is 24.3 Å². The number of hydrogen-bond acceptors (Lipinski definition) is 7. The minimum Gasteiger partial charge on any atom is -0.383 e. The number of amides is 1. The van der Waals surface area contributed by atoms with E-state index in [-0.39, 0.29) is 11.7 Å². The van der Waals surface area contributed by atoms with Gasteiger partial charge in [0, 0.05) is 38.2 Å². The van der Waals surface area contributed by atoms with Gasteiger partial charge in [-0.3, -0.25) is 4.79 Å². The number of benzene rings is 1. The van der Waals surface area contributed by atoms with Gasteiger partial charge in [0.25, 0.3) is 0 Å². The van der Waals surface area contributed by atoms with E-state index in [4.69, 9.17) is 9.47 Å². The molecule has 0 fully saturated rings. The molecule has 9 heteroatoms. The Morgan fingerprint density at radius 1 is 1.15 bits per heavy atom. The summed E-state index contributed by atoms with van der Waals surface area (Å²) in [5.74, 6) is 0.227. The summed E-state index contributed by atoms with van der Waals surface area (Å²) < 4.78 is 10.1. The van der Waals surface area contributed by atoms with Crippen LogP contribution in [0.4, 0.5) is 0 Å². The summed E-state index contributed by atoms with van der Waals surface area (Å²) in [6.07, 6.45) is 0. The Balaban J connectivity index is 1.67. The minimum atomic E-state index is -0.00977. The van der Waals surface area contributed by atoms with Gasteiger partial charge in [-0.25, -0.2) is 4.98 Å². The number of nitrogens with one attached hydrogen (secondary N) is 1. The maximum absolute atomic E-state index is 12.4. The molecule has 3 aromatic rings. The molecule has 8 nitrogen and oxygen atoms in total. The van der Waals surface area contributed by atoms with Gasteiger partial charge in [-0.15, -0.1) is 10.2 Å². The Morgan fingerprint density at radius 3 is 2.62 bits per heavy atom. The molecule has 2 heterocycles. The molecule has 1 aromatic carbocycles. The number of aromatic amines is 1. The summed E-state index contributed by atoms with van der Waals surface area (Å²) in [6.45, 7) is 2.03. The van der Waals surface area contributed by atoms with Crippen LogP contribution in [0.25, 0.3) is 22.1 Å². The summed E-state index contributed by atoms with van der Waals surface area (Å²) in [5, 5.41) is 9.86. The van der Waals surface area contributed by atoms with Crippen LogP contribution < -0.4 is 0 Å². The molecule has 0 aliphatic rings. The molecule has 0 radical (unpaired) electrons. The molecule has 0 aliphatic carbocycles. The first-order valence-corrected chi connectivity index (χ1v) is 9.21. The topological polar surface area (TPSA) is 93.2 Å². The summed E-state index contributed by atoms with van der Waals surface area (Å²) in [4.78, 5) is 21.9. The number of ether oxygens (including phenoxy) is 2. The number of nitrogens with zero attached hydrogens (tertiary/aromatic N) is 4. The largest absolute Gasteiger partial charge is 0.383 e. The van der Waals surface area contributed by atoms with Gasteiger partial charge in [0.1, 0.15) is 5.52 Å². The molecule has 0 spiro atoms. The van der Waals surface area contributed by atoms with Gasteiger partial charge in [-0.2, -0.15) is 0 Å². The second-order valence-corrected chi connectivity index (χ2v) is 6.56. The number of methoxy groups -OCH3 is 2. The predicted molar refractivity (Wildman–Crippen MR) is 100 cm³/mol. The van der Waals surface area contributed by atoms with Crippen LogP contribution in [0.2, 0.25) is 0 Å². The van der Waals surface area contributed by atoms with Crippen molar-refractivity contribution < 1.29 is 14.3 Å². The van der Waals surface area contributed by atoms with E-state index in [9.17, 15) is 4.79 Å². The van der Waals surface area contributed by atoms with E-state index < -0.39 is 0 Å². The summed E-state index contributed by atoms with van der Waals surface area (Å²) >= 11 is 1.27. The van der Waals surface area contributed by atoms with E-state index in [0.717, 1.165) is 16.4 Å². The number of aromatic nitrogens is 4. The Morgan fingerprint density at radius 2 is 1.88 bits per heavy atom. The minimum absolute atomic E-state index is 0.00977. The molecule has 0 bridgehead atoms. The fraction of sp³-hybridized carbons (Fsp3) is 0.412. The van der Waals surface area contributed by atoms with Gasteiger partial charge in [-0.1, -0.05) is 30.0 Å². The third-order valence-electron chi connectivity index (χ3n) is 3.91. The molecule has 138 valence electrons. The van der Waals surface area contributed by atoms with Crippen molar-refractivity contribution in [2.24, 2.45) is 0 Å². The van der Waals surface area contributed by atoms with Crippen molar-refractivity contribution in [3.63, 3.8) is 0 Å². The number of H-pyrrole nitrogens is 1. The van der Waals surface area contributed by atoms with Gasteiger partial charge in [0.15, 0.2) is 5.65 Å². The lowest BCUT2D eigenvalue weighted by Crippen LogP contribution is -2.37. The number of fused-ring (bicyclic) bond motifs is 3. The molecule has 0 atom stereocenters. The van der Waals surface area contributed by atoms with E-state index in [1.54, 1.807) is 19.1 Å². The fourth-order valence-corrected chi connectivity index (χ4v) is 3.24. The monoisotopic (exact) mass is 375 g/mol. The standard InChI is InChI=1S/C17H21N5O3S/c1-24-9-7-22(8-10-25-2)14(23)11-26-17-19-16-15(20-21-17)12-5-3-4-6-13(12)18-16/h3-6H,7-11H2,1-2H3,(H,18,19,21). The van der Waals surface area contributed by atoms with Crippen molar-refractivity contribution in [3.05, 3.63) is 24.3 Å². The highest BCUT2D eigenvalue weighted by molar-refractivity contribution is 7.99. The lowest BCUT2D eigenvalue weighted by atomic mass is 10.2. The van der Waals surface area contributed by atoms with E-state index in [1.165, 1.54) is 11.8 Å². The van der Waals surface area contributed by atoms with Crippen molar-refractivity contribution in [2.75, 3.05) is 46.3 Å². The third kappa shape index (κ3) is 4.29. The molecule has 2 aromatic heterocycles. The fourth-order valence-electron chi connectivity index (χ4n) is 2.55. The lowest BCUT2D eigenvalue weighted by molar-refractivity contribution is -0.129. The molecular weight excluding hydrogens is 354 g/mol. The first kappa shape index (κ1) is 18.6. The second kappa shape index (κ2) is 8.93. The van der Waals surface area contributed by atoms with Crippen LogP contribution in [0.5, 0.6) is 0 Å². The highest BCUT2D eigenvalue weighted by atomic mass is 32.2. The Labute approximate surface area is 155 Å². The zero-order chi connectivity index (χ0) is 18.4. The lowest BCUT2D eigenvalue weighted by Gasteiger charge is -2.21. The maximum Gasteiger partial charge on any atom is 0.233 e. The van der Waals surface area contributed by atoms with Crippen LogP contribution in [0.3, 0.4) is 0 Å². The van der Waals surface area contributed by atoms with Crippen molar-refractivity contribution in [1.29, 1.82) is 0 Å². The van der Waals surface area contributed by atoms with Crippen molar-refractivity contribution in [2.45, 2.75) is 5.16 Å². The molecule has 0 aliphatic heterocycles. The molecule has 0 saturated carbocycles. The Hall–Kier alpha value is -2.23. The van der Waals surface area contributed by atoms with Crippen LogP contribution in [-0.4, -0.2) is 77.2 Å². The Kier molecular flexibility index (Phi) is 6.37. The molecular formula is C17H21N5O3S. The maximum atomic E-state index is 12.4. The number of para-hydroxylation sites is 1. The predicted octanol–water partition coefficient (Wildman–Crippen LogP) is 1.72. The highest BCUT2D eigenvalue weighted by Crippen LogP contribution is 2.23. The summed E-state index contributed by atoms with van der Waals surface area (Å²) in [6, 6.07) is 7.85. The normalized spacial score (nSPS) is 11.3. The third-order valence-corrected chi connectivity index (χ3v) is 4.73. The molecule has 0 saturated heterocycles. The van der Waals surface area contributed by atoms with E-state index >= 15 is 0 Å². The SMILES string of the molecule is COCCN(CCOC)C(=O)CSc1nnc2c(n1)[nH]c1ccccc12. The first-order valence-electron chi connectivity index (χ1n) is 8.22. The number of hydrogen-bond donors (Lipinski definition) is 1. The van der Waals surface area contributed by atoms with E-state index in [0.29, 0.717) is 37.1 Å². The molecule has 1 amide bonds. The van der Waals surface area contributed by atoms with Gasteiger partial charge in [0.2, 0.25) is 11.1 Å². The number of carbonyl (C=O) groups is 1. The zero-order valence-electron chi connectivity index (χ0n) is 14.8. The van der Waals surface area contributed by atoms with Crippen LogP contribution in [0.15, 0.2) is 29.4 Å². The summed E-state index contributed by atoms with van der Waals surface area (Å²) in [7, 11) is 3.23. The molecule has 3 rings (SSSR count). The quantitative estimate of drug-likeness (QED) is 0.569. The number of rotatable bonds is 9.